The van der Waals surface area contributed by atoms with Gasteiger partial charge in [-0.05, 0) is 41.8 Å². The van der Waals surface area contributed by atoms with Crippen LogP contribution < -0.4 is 14.8 Å². The van der Waals surface area contributed by atoms with Crippen molar-refractivity contribution < 1.29 is 19.1 Å². The highest BCUT2D eigenvalue weighted by atomic mass is 35.5. The summed E-state index contributed by atoms with van der Waals surface area (Å²) in [4.78, 5) is 29.1. The number of carbonyl (C=O) groups excluding carboxylic acids is 2. The number of nitrogens with one attached hydrogen (secondary N) is 1. The second-order valence-electron chi connectivity index (χ2n) is 8.50. The zero-order valence-electron chi connectivity index (χ0n) is 19.3. The molecule has 0 radical (unpaired) electrons. The Kier molecular flexibility index (Phi) is 7.08. The standard InChI is InChI=1S/C27H27ClN2O4/c1-17(2)25-27(32)30(16-18-9-7-8-12-22(18)28)24(26(31)29-19-10-5-4-6-11-19)21-14-13-20(33-3)15-23(21)34-25/h4-15,17,24-25H,16H2,1-3H3,(H,29,31). The molecule has 0 aliphatic carbocycles. The smallest absolute Gasteiger partial charge is 0.265 e. The lowest BCUT2D eigenvalue weighted by molar-refractivity contribution is -0.146. The first-order valence-corrected chi connectivity index (χ1v) is 11.5. The van der Waals surface area contributed by atoms with Gasteiger partial charge < -0.3 is 19.7 Å². The fourth-order valence-electron chi connectivity index (χ4n) is 4.03. The highest BCUT2D eigenvalue weighted by Crippen LogP contribution is 2.39. The minimum atomic E-state index is -0.936. The molecule has 7 heteroatoms. The molecule has 0 saturated heterocycles. The Hall–Kier alpha value is -3.51. The monoisotopic (exact) mass is 478 g/mol. The molecule has 0 aromatic heterocycles. The molecule has 34 heavy (non-hydrogen) atoms. The van der Waals surface area contributed by atoms with Gasteiger partial charge in [-0.3, -0.25) is 9.59 Å². The van der Waals surface area contributed by atoms with Crippen molar-refractivity contribution in [2.45, 2.75) is 32.5 Å². The Morgan fingerprint density at radius 2 is 1.79 bits per heavy atom. The number of fused-ring (bicyclic) bond motifs is 1. The van der Waals surface area contributed by atoms with E-state index in [1.165, 1.54) is 0 Å². The van der Waals surface area contributed by atoms with Crippen LogP contribution >= 0.6 is 11.6 Å². The number of methoxy groups -OCH3 is 1. The van der Waals surface area contributed by atoms with E-state index in [9.17, 15) is 9.59 Å². The van der Waals surface area contributed by atoms with Crippen molar-refractivity contribution in [3.63, 3.8) is 0 Å². The van der Waals surface area contributed by atoms with E-state index >= 15 is 0 Å². The van der Waals surface area contributed by atoms with E-state index in [1.807, 2.05) is 50.2 Å². The number of hydrogen-bond acceptors (Lipinski definition) is 4. The third-order valence-corrected chi connectivity index (χ3v) is 6.17. The van der Waals surface area contributed by atoms with Gasteiger partial charge in [-0.2, -0.15) is 0 Å². The van der Waals surface area contributed by atoms with Crippen LogP contribution in [0.2, 0.25) is 5.02 Å². The minimum Gasteiger partial charge on any atom is -0.497 e. The lowest BCUT2D eigenvalue weighted by Gasteiger charge is -2.31. The number of para-hydroxylation sites is 1. The Morgan fingerprint density at radius 1 is 1.09 bits per heavy atom. The molecule has 1 aliphatic heterocycles. The lowest BCUT2D eigenvalue weighted by atomic mass is 10.0. The fraction of sp³-hybridized carbons (Fsp3) is 0.259. The van der Waals surface area contributed by atoms with Crippen molar-refractivity contribution in [3.8, 4) is 11.5 Å². The maximum absolute atomic E-state index is 13.8. The maximum atomic E-state index is 13.8. The number of hydrogen-bond donors (Lipinski definition) is 1. The number of benzene rings is 3. The zero-order chi connectivity index (χ0) is 24.2. The summed E-state index contributed by atoms with van der Waals surface area (Å²) in [5.74, 6) is 0.275. The van der Waals surface area contributed by atoms with E-state index in [2.05, 4.69) is 5.32 Å². The van der Waals surface area contributed by atoms with E-state index in [-0.39, 0.29) is 24.3 Å². The number of halogens is 1. The van der Waals surface area contributed by atoms with Gasteiger partial charge in [0.25, 0.3) is 11.8 Å². The molecule has 6 nitrogen and oxygen atoms in total. The van der Waals surface area contributed by atoms with Crippen molar-refractivity contribution in [1.82, 2.24) is 4.90 Å². The minimum absolute atomic E-state index is 0.128. The van der Waals surface area contributed by atoms with Gasteiger partial charge in [-0.25, -0.2) is 0 Å². The Morgan fingerprint density at radius 3 is 2.47 bits per heavy atom. The molecule has 2 atom stereocenters. The van der Waals surface area contributed by atoms with Crippen LogP contribution in [-0.2, 0) is 16.1 Å². The summed E-state index contributed by atoms with van der Waals surface area (Å²) >= 11 is 6.44. The summed E-state index contributed by atoms with van der Waals surface area (Å²) in [6.45, 7) is 3.99. The molecule has 0 bridgehead atoms. The summed E-state index contributed by atoms with van der Waals surface area (Å²) in [5.41, 5.74) is 1.96. The summed E-state index contributed by atoms with van der Waals surface area (Å²) in [5, 5.41) is 3.48. The molecule has 1 N–H and O–H groups in total. The van der Waals surface area contributed by atoms with Crippen molar-refractivity contribution >= 4 is 29.1 Å². The average Bonchev–Trinajstić information content (AvgIpc) is 2.95. The lowest BCUT2D eigenvalue weighted by Crippen LogP contribution is -2.46. The van der Waals surface area contributed by atoms with E-state index < -0.39 is 12.1 Å². The quantitative estimate of drug-likeness (QED) is 0.509. The molecule has 2 amide bonds. The number of amides is 2. The first-order valence-electron chi connectivity index (χ1n) is 11.1. The van der Waals surface area contributed by atoms with Crippen LogP contribution in [0, 0.1) is 5.92 Å². The summed E-state index contributed by atoms with van der Waals surface area (Å²) in [6.07, 6.45) is -0.775. The number of carbonyl (C=O) groups is 2. The van der Waals surface area contributed by atoms with E-state index in [1.54, 1.807) is 48.4 Å². The third kappa shape index (κ3) is 4.87. The van der Waals surface area contributed by atoms with Crippen molar-refractivity contribution in [2.75, 3.05) is 12.4 Å². The molecule has 1 aliphatic rings. The van der Waals surface area contributed by atoms with Gasteiger partial charge >= 0.3 is 0 Å². The van der Waals surface area contributed by atoms with Crippen LogP contribution in [0.1, 0.15) is 31.0 Å². The molecule has 4 rings (SSSR count). The second-order valence-corrected chi connectivity index (χ2v) is 8.91. The first kappa shape index (κ1) is 23.6. The highest BCUT2D eigenvalue weighted by Gasteiger charge is 2.42. The molecule has 2 unspecified atom stereocenters. The topological polar surface area (TPSA) is 67.9 Å². The molecule has 0 saturated carbocycles. The number of nitrogens with zero attached hydrogens (tertiary/aromatic N) is 1. The van der Waals surface area contributed by atoms with Crippen LogP contribution in [0.5, 0.6) is 11.5 Å². The Labute approximate surface area is 204 Å². The van der Waals surface area contributed by atoms with Gasteiger partial charge in [0.1, 0.15) is 17.5 Å². The Bertz CT molecular complexity index is 1180. The fourth-order valence-corrected chi connectivity index (χ4v) is 4.23. The van der Waals surface area contributed by atoms with Crippen LogP contribution in [0.25, 0.3) is 0 Å². The maximum Gasteiger partial charge on any atom is 0.265 e. The number of rotatable bonds is 6. The van der Waals surface area contributed by atoms with Crippen molar-refractivity contribution in [3.05, 3.63) is 88.9 Å². The SMILES string of the molecule is COc1ccc2c(c1)OC(C(C)C)C(=O)N(Cc1ccccc1Cl)C2C(=O)Nc1ccccc1. The van der Waals surface area contributed by atoms with Crippen LogP contribution in [0.4, 0.5) is 5.69 Å². The average molecular weight is 479 g/mol. The van der Waals surface area contributed by atoms with Crippen LogP contribution in [0.15, 0.2) is 72.8 Å². The van der Waals surface area contributed by atoms with Gasteiger partial charge in [0.2, 0.25) is 0 Å². The van der Waals surface area contributed by atoms with Crippen molar-refractivity contribution in [2.24, 2.45) is 5.92 Å². The molecule has 0 fully saturated rings. The molecule has 3 aromatic rings. The van der Waals surface area contributed by atoms with Gasteiger partial charge in [-0.1, -0.05) is 61.8 Å². The predicted molar refractivity (Wildman–Crippen MR) is 132 cm³/mol. The normalized spacial score (nSPS) is 17.6. The molecule has 1 heterocycles. The van der Waals surface area contributed by atoms with E-state index in [4.69, 9.17) is 21.1 Å². The summed E-state index contributed by atoms with van der Waals surface area (Å²) in [7, 11) is 1.56. The predicted octanol–water partition coefficient (Wildman–Crippen LogP) is 5.47. The van der Waals surface area contributed by atoms with Gasteiger partial charge in [-0.15, -0.1) is 0 Å². The van der Waals surface area contributed by atoms with E-state index in [0.717, 1.165) is 5.56 Å². The third-order valence-electron chi connectivity index (χ3n) is 5.80. The second kappa shape index (κ2) is 10.2. The van der Waals surface area contributed by atoms with Gasteiger partial charge in [0, 0.05) is 28.9 Å². The molecule has 3 aromatic carbocycles. The van der Waals surface area contributed by atoms with Crippen LogP contribution in [-0.4, -0.2) is 29.9 Å². The van der Waals surface area contributed by atoms with Crippen LogP contribution in [0.3, 0.4) is 0 Å². The molecule has 0 spiro atoms. The largest absolute Gasteiger partial charge is 0.497 e. The molecular formula is C27H27ClN2O4. The van der Waals surface area contributed by atoms with Gasteiger partial charge in [0.15, 0.2) is 6.10 Å². The van der Waals surface area contributed by atoms with E-state index in [0.29, 0.717) is 27.8 Å². The summed E-state index contributed by atoms with van der Waals surface area (Å²) < 4.78 is 11.6. The number of ether oxygens (including phenoxy) is 2. The Balaban J connectivity index is 1.84. The van der Waals surface area contributed by atoms with Crippen molar-refractivity contribution in [1.29, 1.82) is 0 Å². The zero-order valence-corrected chi connectivity index (χ0v) is 20.1. The first-order chi connectivity index (χ1) is 16.4. The summed E-state index contributed by atoms with van der Waals surface area (Å²) in [6, 6.07) is 20.8. The molecule has 176 valence electrons. The number of anilines is 1. The van der Waals surface area contributed by atoms with Gasteiger partial charge in [0.05, 0.1) is 7.11 Å². The highest BCUT2D eigenvalue weighted by molar-refractivity contribution is 6.31. The molecular weight excluding hydrogens is 452 g/mol.